The molecule has 0 saturated heterocycles. The van der Waals surface area contributed by atoms with Crippen LogP contribution in [0.15, 0.2) is 6.07 Å². The first kappa shape index (κ1) is 16.7. The van der Waals surface area contributed by atoms with Gasteiger partial charge in [0, 0.05) is 24.7 Å². The van der Waals surface area contributed by atoms with Crippen molar-refractivity contribution in [3.05, 3.63) is 17.6 Å². The number of nitrogens with zero attached hydrogens (tertiary/aromatic N) is 2. The number of hydrogen-bond donors (Lipinski definition) is 1. The van der Waals surface area contributed by atoms with Crippen molar-refractivity contribution in [1.82, 2.24) is 9.97 Å². The molecule has 1 aromatic heterocycles. The third-order valence-electron chi connectivity index (χ3n) is 2.48. The molecule has 20 heavy (non-hydrogen) atoms. The Labute approximate surface area is 116 Å². The molecule has 0 radical (unpaired) electrons. The number of alkyl halides is 3. The van der Waals surface area contributed by atoms with E-state index in [0.29, 0.717) is 11.6 Å². The molecule has 0 aliphatic carbocycles. The Balaban J connectivity index is 2.55. The lowest BCUT2D eigenvalue weighted by atomic mass is 10.3. The van der Waals surface area contributed by atoms with Crippen LogP contribution in [0.1, 0.15) is 31.8 Å². The third kappa shape index (κ3) is 6.70. The van der Waals surface area contributed by atoms with Gasteiger partial charge in [-0.15, -0.1) is 0 Å². The van der Waals surface area contributed by atoms with Gasteiger partial charge in [-0.2, -0.15) is 13.2 Å². The Hall–Kier alpha value is -1.37. The van der Waals surface area contributed by atoms with Crippen LogP contribution in [-0.4, -0.2) is 35.9 Å². The van der Waals surface area contributed by atoms with E-state index in [0.717, 1.165) is 25.1 Å². The van der Waals surface area contributed by atoms with Crippen molar-refractivity contribution in [2.45, 2.75) is 39.3 Å². The maximum Gasteiger partial charge on any atom is 0.411 e. The topological polar surface area (TPSA) is 47.0 Å². The first-order valence-corrected chi connectivity index (χ1v) is 6.69. The number of ether oxygens (including phenoxy) is 1. The van der Waals surface area contributed by atoms with E-state index >= 15 is 0 Å². The van der Waals surface area contributed by atoms with Gasteiger partial charge in [-0.25, -0.2) is 9.97 Å². The number of anilines is 1. The minimum absolute atomic E-state index is 0.0418. The van der Waals surface area contributed by atoms with E-state index in [9.17, 15) is 13.2 Å². The summed E-state index contributed by atoms with van der Waals surface area (Å²) in [4.78, 5) is 8.55. The molecule has 0 amide bonds. The van der Waals surface area contributed by atoms with E-state index in [-0.39, 0.29) is 13.0 Å². The zero-order valence-electron chi connectivity index (χ0n) is 11.8. The van der Waals surface area contributed by atoms with E-state index in [1.54, 1.807) is 0 Å². The molecule has 0 aliphatic heterocycles. The molecule has 0 atom stereocenters. The fraction of sp³-hybridized carbons (Fsp3) is 0.692. The van der Waals surface area contributed by atoms with Crippen molar-refractivity contribution in [2.24, 2.45) is 0 Å². The molecule has 0 unspecified atom stereocenters. The Morgan fingerprint density at radius 3 is 2.60 bits per heavy atom. The number of rotatable bonds is 8. The Morgan fingerprint density at radius 2 is 2.00 bits per heavy atom. The highest BCUT2D eigenvalue weighted by molar-refractivity contribution is 5.36. The number of halogens is 3. The van der Waals surface area contributed by atoms with E-state index < -0.39 is 12.8 Å². The fourth-order valence-corrected chi connectivity index (χ4v) is 1.54. The second-order valence-electron chi connectivity index (χ2n) is 4.36. The summed E-state index contributed by atoms with van der Waals surface area (Å²) in [6.07, 6.45) is -2.31. The minimum Gasteiger partial charge on any atom is -0.372 e. The van der Waals surface area contributed by atoms with Gasteiger partial charge in [0.2, 0.25) is 0 Å². The van der Waals surface area contributed by atoms with Gasteiger partial charge in [-0.3, -0.25) is 0 Å². The first-order valence-electron chi connectivity index (χ1n) is 6.69. The van der Waals surface area contributed by atoms with Crippen molar-refractivity contribution in [3.8, 4) is 0 Å². The lowest BCUT2D eigenvalue weighted by Gasteiger charge is -2.10. The zero-order chi connectivity index (χ0) is 15.0. The van der Waals surface area contributed by atoms with Crippen LogP contribution in [0.2, 0.25) is 0 Å². The SMILES string of the molecule is CCCNc1cc(CC)nc(CCOCC(F)(F)F)n1. The number of hydrogen-bond acceptors (Lipinski definition) is 4. The molecule has 0 bridgehead atoms. The van der Waals surface area contributed by atoms with Crippen LogP contribution >= 0.6 is 0 Å². The van der Waals surface area contributed by atoms with Gasteiger partial charge in [-0.05, 0) is 12.8 Å². The fourth-order valence-electron chi connectivity index (χ4n) is 1.54. The molecule has 0 spiro atoms. The summed E-state index contributed by atoms with van der Waals surface area (Å²) in [6, 6.07) is 1.86. The van der Waals surface area contributed by atoms with E-state index in [4.69, 9.17) is 0 Å². The summed E-state index contributed by atoms with van der Waals surface area (Å²) >= 11 is 0. The van der Waals surface area contributed by atoms with Crippen LogP contribution < -0.4 is 5.32 Å². The van der Waals surface area contributed by atoms with Gasteiger partial charge < -0.3 is 10.1 Å². The van der Waals surface area contributed by atoms with Gasteiger partial charge in [0.1, 0.15) is 18.2 Å². The quantitative estimate of drug-likeness (QED) is 0.748. The Bertz CT molecular complexity index is 410. The van der Waals surface area contributed by atoms with Crippen LogP contribution in [-0.2, 0) is 17.6 Å². The summed E-state index contributed by atoms with van der Waals surface area (Å²) in [6.45, 7) is 3.53. The molecule has 4 nitrogen and oxygen atoms in total. The van der Waals surface area contributed by atoms with Crippen molar-refractivity contribution in [2.75, 3.05) is 25.1 Å². The summed E-state index contributed by atoms with van der Waals surface area (Å²) in [7, 11) is 0. The van der Waals surface area contributed by atoms with Gasteiger partial charge in [0.15, 0.2) is 0 Å². The monoisotopic (exact) mass is 291 g/mol. The molecule has 7 heteroatoms. The normalized spacial score (nSPS) is 11.7. The van der Waals surface area contributed by atoms with Crippen LogP contribution in [0.3, 0.4) is 0 Å². The van der Waals surface area contributed by atoms with E-state index in [1.165, 1.54) is 0 Å². The van der Waals surface area contributed by atoms with Crippen LogP contribution in [0.4, 0.5) is 19.0 Å². The summed E-state index contributed by atoms with van der Waals surface area (Å²) < 4.78 is 40.4. The lowest BCUT2D eigenvalue weighted by Crippen LogP contribution is -2.18. The van der Waals surface area contributed by atoms with Gasteiger partial charge in [0.25, 0.3) is 0 Å². The Kier molecular flexibility index (Phi) is 6.70. The number of aryl methyl sites for hydroxylation is 1. The van der Waals surface area contributed by atoms with E-state index in [2.05, 4.69) is 20.0 Å². The minimum atomic E-state index is -4.29. The first-order chi connectivity index (χ1) is 9.44. The maximum atomic E-state index is 11.9. The largest absolute Gasteiger partial charge is 0.411 e. The van der Waals surface area contributed by atoms with E-state index in [1.807, 2.05) is 19.9 Å². The number of aromatic nitrogens is 2. The lowest BCUT2D eigenvalue weighted by molar-refractivity contribution is -0.173. The van der Waals surface area contributed by atoms with Crippen molar-refractivity contribution in [1.29, 1.82) is 0 Å². The van der Waals surface area contributed by atoms with Crippen molar-refractivity contribution < 1.29 is 17.9 Å². The van der Waals surface area contributed by atoms with Crippen LogP contribution in [0.5, 0.6) is 0 Å². The molecule has 1 N–H and O–H groups in total. The smallest absolute Gasteiger partial charge is 0.372 e. The standard InChI is InChI=1S/C13H20F3N3O/c1-3-6-17-12-8-10(4-2)18-11(19-12)5-7-20-9-13(14,15)16/h8H,3-7,9H2,1-2H3,(H,17,18,19). The Morgan fingerprint density at radius 1 is 1.25 bits per heavy atom. The zero-order valence-corrected chi connectivity index (χ0v) is 11.8. The average molecular weight is 291 g/mol. The molecule has 0 fully saturated rings. The molecule has 1 heterocycles. The molecule has 1 rings (SSSR count). The predicted molar refractivity (Wildman–Crippen MR) is 70.8 cm³/mol. The van der Waals surface area contributed by atoms with Gasteiger partial charge in [0.05, 0.1) is 6.61 Å². The number of nitrogens with one attached hydrogen (secondary N) is 1. The summed E-state index contributed by atoms with van der Waals surface area (Å²) in [5.41, 5.74) is 0.865. The van der Waals surface area contributed by atoms with Gasteiger partial charge in [-0.1, -0.05) is 13.8 Å². The van der Waals surface area contributed by atoms with Crippen LogP contribution in [0, 0.1) is 0 Å². The molecule has 1 aromatic rings. The predicted octanol–water partition coefficient (Wildman–Crippen LogP) is 2.98. The molecule has 114 valence electrons. The second-order valence-corrected chi connectivity index (χ2v) is 4.36. The average Bonchev–Trinajstić information content (AvgIpc) is 2.40. The van der Waals surface area contributed by atoms with Gasteiger partial charge >= 0.3 is 6.18 Å². The third-order valence-corrected chi connectivity index (χ3v) is 2.48. The highest BCUT2D eigenvalue weighted by atomic mass is 19.4. The molecular formula is C13H20F3N3O. The molecule has 0 aliphatic rings. The van der Waals surface area contributed by atoms with Crippen molar-refractivity contribution >= 4 is 5.82 Å². The second kappa shape index (κ2) is 8.04. The highest BCUT2D eigenvalue weighted by Gasteiger charge is 2.27. The molecule has 0 aromatic carbocycles. The molecular weight excluding hydrogens is 271 g/mol. The van der Waals surface area contributed by atoms with Crippen LogP contribution in [0.25, 0.3) is 0 Å². The molecule has 0 saturated carbocycles. The summed E-state index contributed by atoms with van der Waals surface area (Å²) in [5.74, 6) is 1.22. The van der Waals surface area contributed by atoms with Crippen molar-refractivity contribution in [3.63, 3.8) is 0 Å². The maximum absolute atomic E-state index is 11.9. The summed E-state index contributed by atoms with van der Waals surface area (Å²) in [5, 5.41) is 3.15. The highest BCUT2D eigenvalue weighted by Crippen LogP contribution is 2.14.